The minimum absolute atomic E-state index is 0.0750. The topological polar surface area (TPSA) is 57.5 Å². The number of phenolic OH excluding ortho intramolecular Hbond substituents is 2. The van der Waals surface area contributed by atoms with Crippen LogP contribution in [-0.4, -0.2) is 14.4 Å². The lowest BCUT2D eigenvalue weighted by atomic mass is 10.3. The molecule has 2 aromatic rings. The molecule has 0 bridgehead atoms. The van der Waals surface area contributed by atoms with Crippen molar-refractivity contribution in [3.05, 3.63) is 48.5 Å². The SMILES string of the molecule is O=S(c1cccc(O)c1)c1cccc(O)c1. The monoisotopic (exact) mass is 234 g/mol. The zero-order valence-corrected chi connectivity index (χ0v) is 9.15. The second kappa shape index (κ2) is 4.37. The van der Waals surface area contributed by atoms with Crippen molar-refractivity contribution in [2.75, 3.05) is 0 Å². The van der Waals surface area contributed by atoms with Gasteiger partial charge in [0.25, 0.3) is 0 Å². The Labute approximate surface area is 95.5 Å². The molecule has 0 heterocycles. The van der Waals surface area contributed by atoms with E-state index >= 15 is 0 Å². The zero-order chi connectivity index (χ0) is 11.5. The van der Waals surface area contributed by atoms with Gasteiger partial charge in [0.05, 0.1) is 10.8 Å². The van der Waals surface area contributed by atoms with Crippen LogP contribution in [0.3, 0.4) is 0 Å². The molecular weight excluding hydrogens is 224 g/mol. The molecule has 0 unspecified atom stereocenters. The van der Waals surface area contributed by atoms with Gasteiger partial charge in [-0.25, -0.2) is 4.21 Å². The largest absolute Gasteiger partial charge is 0.508 e. The predicted octanol–water partition coefficient (Wildman–Crippen LogP) is 2.26. The Balaban J connectivity index is 2.39. The van der Waals surface area contributed by atoms with Crippen molar-refractivity contribution < 1.29 is 14.4 Å². The number of hydrogen-bond donors (Lipinski definition) is 2. The van der Waals surface area contributed by atoms with Gasteiger partial charge in [-0.05, 0) is 36.4 Å². The second-order valence-corrected chi connectivity index (χ2v) is 4.74. The Morgan fingerprint density at radius 3 is 1.62 bits per heavy atom. The fraction of sp³-hybridized carbons (Fsp3) is 0. The maximum Gasteiger partial charge on any atom is 0.116 e. The molecule has 0 aromatic heterocycles. The number of phenols is 2. The van der Waals surface area contributed by atoms with Crippen LogP contribution in [0.4, 0.5) is 0 Å². The summed E-state index contributed by atoms with van der Waals surface area (Å²) in [5.41, 5.74) is 0. The van der Waals surface area contributed by atoms with E-state index in [4.69, 9.17) is 0 Å². The number of hydrogen-bond acceptors (Lipinski definition) is 3. The zero-order valence-electron chi connectivity index (χ0n) is 8.33. The van der Waals surface area contributed by atoms with Crippen LogP contribution < -0.4 is 0 Å². The molecular formula is C12H10O3S. The van der Waals surface area contributed by atoms with Crippen LogP contribution in [0.5, 0.6) is 11.5 Å². The summed E-state index contributed by atoms with van der Waals surface area (Å²) in [4.78, 5) is 1.01. The minimum Gasteiger partial charge on any atom is -0.508 e. The molecule has 0 radical (unpaired) electrons. The molecule has 2 N–H and O–H groups in total. The van der Waals surface area contributed by atoms with Crippen LogP contribution in [0.25, 0.3) is 0 Å². The van der Waals surface area contributed by atoms with Crippen molar-refractivity contribution in [1.82, 2.24) is 0 Å². The first kappa shape index (κ1) is 10.7. The van der Waals surface area contributed by atoms with E-state index < -0.39 is 10.8 Å². The van der Waals surface area contributed by atoms with Gasteiger partial charge in [-0.1, -0.05) is 12.1 Å². The van der Waals surface area contributed by atoms with Gasteiger partial charge in [0, 0.05) is 9.79 Å². The van der Waals surface area contributed by atoms with Crippen molar-refractivity contribution in [3.8, 4) is 11.5 Å². The molecule has 0 fully saturated rings. The summed E-state index contributed by atoms with van der Waals surface area (Å²) < 4.78 is 12.0. The van der Waals surface area contributed by atoms with Crippen molar-refractivity contribution in [2.45, 2.75) is 9.79 Å². The first-order valence-electron chi connectivity index (χ1n) is 4.66. The third kappa shape index (κ3) is 2.23. The van der Waals surface area contributed by atoms with Crippen LogP contribution >= 0.6 is 0 Å². The molecule has 0 aliphatic heterocycles. The minimum atomic E-state index is -1.39. The van der Waals surface area contributed by atoms with E-state index in [0.29, 0.717) is 9.79 Å². The highest BCUT2D eigenvalue weighted by atomic mass is 32.2. The Morgan fingerprint density at radius 1 is 0.812 bits per heavy atom. The molecule has 2 aromatic carbocycles. The first-order chi connectivity index (χ1) is 7.66. The molecule has 2 rings (SSSR count). The van der Waals surface area contributed by atoms with Gasteiger partial charge in [0.2, 0.25) is 0 Å². The molecule has 0 saturated carbocycles. The summed E-state index contributed by atoms with van der Waals surface area (Å²) in [5.74, 6) is 0.150. The van der Waals surface area contributed by atoms with Crippen LogP contribution in [0.2, 0.25) is 0 Å². The molecule has 0 aliphatic carbocycles. The Hall–Kier alpha value is -1.81. The van der Waals surface area contributed by atoms with Crippen LogP contribution in [0.15, 0.2) is 58.3 Å². The van der Waals surface area contributed by atoms with Gasteiger partial charge in [0.15, 0.2) is 0 Å². The quantitative estimate of drug-likeness (QED) is 0.838. The third-order valence-electron chi connectivity index (χ3n) is 2.06. The van der Waals surface area contributed by atoms with Gasteiger partial charge in [0.1, 0.15) is 11.5 Å². The van der Waals surface area contributed by atoms with E-state index in [1.54, 1.807) is 24.3 Å². The first-order valence-corrected chi connectivity index (χ1v) is 5.81. The molecule has 0 amide bonds. The van der Waals surface area contributed by atoms with Crippen molar-refractivity contribution in [3.63, 3.8) is 0 Å². The summed E-state index contributed by atoms with van der Waals surface area (Å²) >= 11 is 0. The van der Waals surface area contributed by atoms with Crippen molar-refractivity contribution in [2.24, 2.45) is 0 Å². The standard InChI is InChI=1S/C12H10O3S/c13-9-3-1-5-11(7-9)16(15)12-6-2-4-10(14)8-12/h1-8,13-14H. The van der Waals surface area contributed by atoms with E-state index in [2.05, 4.69) is 0 Å². The molecule has 16 heavy (non-hydrogen) atoms. The molecule has 0 aliphatic rings. The summed E-state index contributed by atoms with van der Waals surface area (Å²) in [6, 6.07) is 12.5. The summed E-state index contributed by atoms with van der Waals surface area (Å²) in [6.45, 7) is 0. The number of aromatic hydroxyl groups is 2. The fourth-order valence-corrected chi connectivity index (χ4v) is 2.47. The van der Waals surface area contributed by atoms with Gasteiger partial charge in [-0.2, -0.15) is 0 Å². The normalized spacial score (nSPS) is 10.6. The van der Waals surface area contributed by atoms with E-state index in [-0.39, 0.29) is 11.5 Å². The highest BCUT2D eigenvalue weighted by Gasteiger charge is 2.07. The predicted molar refractivity (Wildman–Crippen MR) is 60.9 cm³/mol. The Morgan fingerprint density at radius 2 is 1.25 bits per heavy atom. The van der Waals surface area contributed by atoms with Gasteiger partial charge in [-0.15, -0.1) is 0 Å². The third-order valence-corrected chi connectivity index (χ3v) is 3.43. The van der Waals surface area contributed by atoms with E-state index in [1.165, 1.54) is 24.3 Å². The maximum atomic E-state index is 12.0. The van der Waals surface area contributed by atoms with Gasteiger partial charge < -0.3 is 10.2 Å². The van der Waals surface area contributed by atoms with Gasteiger partial charge >= 0.3 is 0 Å². The van der Waals surface area contributed by atoms with E-state index in [0.717, 1.165) is 0 Å². The molecule has 0 saturated heterocycles. The lowest BCUT2D eigenvalue weighted by Gasteiger charge is -2.03. The Bertz CT molecular complexity index is 490. The summed E-state index contributed by atoms with van der Waals surface area (Å²) in [7, 11) is -1.39. The van der Waals surface area contributed by atoms with Crippen LogP contribution in [0.1, 0.15) is 0 Å². The number of benzene rings is 2. The molecule has 4 heteroatoms. The lowest BCUT2D eigenvalue weighted by molar-refractivity contribution is 0.473. The average molecular weight is 234 g/mol. The van der Waals surface area contributed by atoms with Gasteiger partial charge in [-0.3, -0.25) is 0 Å². The van der Waals surface area contributed by atoms with E-state index in [1.807, 2.05) is 0 Å². The average Bonchev–Trinajstić information content (AvgIpc) is 2.28. The van der Waals surface area contributed by atoms with Crippen molar-refractivity contribution in [1.29, 1.82) is 0 Å². The second-order valence-electron chi connectivity index (χ2n) is 3.26. The smallest absolute Gasteiger partial charge is 0.116 e. The van der Waals surface area contributed by atoms with E-state index in [9.17, 15) is 14.4 Å². The highest BCUT2D eigenvalue weighted by molar-refractivity contribution is 7.85. The van der Waals surface area contributed by atoms with Crippen LogP contribution in [0, 0.1) is 0 Å². The summed E-state index contributed by atoms with van der Waals surface area (Å²) in [6.07, 6.45) is 0. The Kier molecular flexibility index (Phi) is 2.92. The lowest BCUT2D eigenvalue weighted by Crippen LogP contribution is -1.91. The maximum absolute atomic E-state index is 12.0. The number of rotatable bonds is 2. The van der Waals surface area contributed by atoms with Crippen LogP contribution in [-0.2, 0) is 10.8 Å². The highest BCUT2D eigenvalue weighted by Crippen LogP contribution is 2.22. The molecule has 0 atom stereocenters. The fourth-order valence-electron chi connectivity index (χ4n) is 1.33. The molecule has 0 spiro atoms. The summed E-state index contributed by atoms with van der Waals surface area (Å²) in [5, 5.41) is 18.6. The van der Waals surface area contributed by atoms with Crippen molar-refractivity contribution >= 4 is 10.8 Å². The molecule has 82 valence electrons. The molecule has 3 nitrogen and oxygen atoms in total.